The molecule has 0 N–H and O–H groups in total. The summed E-state index contributed by atoms with van der Waals surface area (Å²) < 4.78 is 4.80. The molecule has 0 bridgehead atoms. The van der Waals surface area contributed by atoms with Gasteiger partial charge in [-0.2, -0.15) is 5.26 Å². The lowest BCUT2D eigenvalue weighted by Gasteiger charge is -2.24. The zero-order chi connectivity index (χ0) is 13.1. The van der Waals surface area contributed by atoms with Crippen LogP contribution < -0.4 is 4.90 Å². The van der Waals surface area contributed by atoms with Crippen LogP contribution in [0.25, 0.3) is 0 Å². The van der Waals surface area contributed by atoms with E-state index in [2.05, 4.69) is 11.1 Å². The fourth-order valence-corrected chi connectivity index (χ4v) is 2.30. The maximum absolute atomic E-state index is 11.7. The standard InChI is InChI=1S/C13H15N3O2/c1-9-5-6-15-12(10(9)8-14)16-7-3-4-11(16)13(17)18-2/h5-6,11H,3-4,7H2,1-2H3. The van der Waals surface area contributed by atoms with Gasteiger partial charge < -0.3 is 9.64 Å². The number of ether oxygens (including phenoxy) is 1. The van der Waals surface area contributed by atoms with Gasteiger partial charge in [0.05, 0.1) is 12.7 Å². The van der Waals surface area contributed by atoms with E-state index in [0.29, 0.717) is 11.4 Å². The summed E-state index contributed by atoms with van der Waals surface area (Å²) in [6.07, 6.45) is 3.31. The maximum atomic E-state index is 11.7. The first kappa shape index (κ1) is 12.4. The zero-order valence-electron chi connectivity index (χ0n) is 10.5. The van der Waals surface area contributed by atoms with Crippen LogP contribution in [-0.2, 0) is 9.53 Å². The number of nitrogens with zero attached hydrogens (tertiary/aromatic N) is 3. The van der Waals surface area contributed by atoms with E-state index in [1.807, 2.05) is 11.8 Å². The zero-order valence-corrected chi connectivity index (χ0v) is 10.5. The SMILES string of the molecule is COC(=O)C1CCCN1c1nccc(C)c1C#N. The maximum Gasteiger partial charge on any atom is 0.328 e. The highest BCUT2D eigenvalue weighted by atomic mass is 16.5. The van der Waals surface area contributed by atoms with Crippen molar-refractivity contribution >= 4 is 11.8 Å². The van der Waals surface area contributed by atoms with Crippen LogP contribution in [0.2, 0.25) is 0 Å². The highest BCUT2D eigenvalue weighted by Crippen LogP contribution is 2.28. The fourth-order valence-electron chi connectivity index (χ4n) is 2.30. The largest absolute Gasteiger partial charge is 0.467 e. The molecule has 0 radical (unpaired) electrons. The topological polar surface area (TPSA) is 66.2 Å². The number of carbonyl (C=O) groups excluding carboxylic acids is 1. The first-order chi connectivity index (χ1) is 8.69. The van der Waals surface area contributed by atoms with Crippen molar-refractivity contribution in [3.8, 4) is 6.07 Å². The third-order valence-corrected chi connectivity index (χ3v) is 3.25. The molecule has 2 heterocycles. The lowest BCUT2D eigenvalue weighted by molar-refractivity contribution is -0.141. The summed E-state index contributed by atoms with van der Waals surface area (Å²) in [5, 5.41) is 9.21. The molecule has 1 fully saturated rings. The van der Waals surface area contributed by atoms with Crippen molar-refractivity contribution in [1.29, 1.82) is 5.26 Å². The Morgan fingerprint density at radius 2 is 2.44 bits per heavy atom. The molecule has 0 aromatic carbocycles. The molecule has 2 rings (SSSR count). The van der Waals surface area contributed by atoms with Gasteiger partial charge in [-0.25, -0.2) is 9.78 Å². The Balaban J connectivity index is 2.40. The van der Waals surface area contributed by atoms with Gasteiger partial charge in [-0.15, -0.1) is 0 Å². The Morgan fingerprint density at radius 1 is 1.67 bits per heavy atom. The van der Waals surface area contributed by atoms with E-state index in [1.165, 1.54) is 7.11 Å². The Bertz CT molecular complexity index is 507. The van der Waals surface area contributed by atoms with Crippen molar-refractivity contribution in [3.05, 3.63) is 23.4 Å². The lowest BCUT2D eigenvalue weighted by Crippen LogP contribution is -2.37. The van der Waals surface area contributed by atoms with Crippen molar-refractivity contribution in [2.45, 2.75) is 25.8 Å². The predicted octanol–water partition coefficient (Wildman–Crippen LogP) is 1.40. The van der Waals surface area contributed by atoms with Gasteiger partial charge in [0, 0.05) is 12.7 Å². The quantitative estimate of drug-likeness (QED) is 0.737. The van der Waals surface area contributed by atoms with Crippen LogP contribution in [0.3, 0.4) is 0 Å². The summed E-state index contributed by atoms with van der Waals surface area (Å²) in [6.45, 7) is 2.60. The number of pyridine rings is 1. The van der Waals surface area contributed by atoms with Crippen LogP contribution in [0.5, 0.6) is 0 Å². The summed E-state index contributed by atoms with van der Waals surface area (Å²) in [5.74, 6) is 0.324. The fraction of sp³-hybridized carbons (Fsp3) is 0.462. The second-order valence-corrected chi connectivity index (χ2v) is 4.31. The van der Waals surface area contributed by atoms with Gasteiger partial charge in [0.1, 0.15) is 17.9 Å². The molecule has 1 aliphatic rings. The van der Waals surface area contributed by atoms with Crippen LogP contribution in [0, 0.1) is 18.3 Å². The molecule has 1 unspecified atom stereocenters. The number of anilines is 1. The van der Waals surface area contributed by atoms with Crippen LogP contribution >= 0.6 is 0 Å². The number of hydrogen-bond acceptors (Lipinski definition) is 5. The number of methoxy groups -OCH3 is 1. The van der Waals surface area contributed by atoms with Crippen LogP contribution in [0.1, 0.15) is 24.0 Å². The number of nitriles is 1. The Kier molecular flexibility index (Phi) is 3.47. The smallest absolute Gasteiger partial charge is 0.328 e. The molecule has 5 nitrogen and oxygen atoms in total. The third-order valence-electron chi connectivity index (χ3n) is 3.25. The molecule has 1 aliphatic heterocycles. The first-order valence-electron chi connectivity index (χ1n) is 5.89. The number of aryl methyl sites for hydroxylation is 1. The minimum Gasteiger partial charge on any atom is -0.467 e. The third kappa shape index (κ3) is 2.02. The molecule has 0 saturated carbocycles. The van der Waals surface area contributed by atoms with E-state index in [1.54, 1.807) is 12.3 Å². The molecule has 18 heavy (non-hydrogen) atoms. The molecule has 0 amide bonds. The summed E-state index contributed by atoms with van der Waals surface area (Å²) >= 11 is 0. The molecule has 1 aromatic rings. The van der Waals surface area contributed by atoms with Gasteiger partial charge in [-0.1, -0.05) is 0 Å². The lowest BCUT2D eigenvalue weighted by atomic mass is 10.1. The number of rotatable bonds is 2. The molecular formula is C13H15N3O2. The van der Waals surface area contributed by atoms with Crippen molar-refractivity contribution in [3.63, 3.8) is 0 Å². The van der Waals surface area contributed by atoms with Crippen molar-refractivity contribution in [2.75, 3.05) is 18.6 Å². The predicted molar refractivity (Wildman–Crippen MR) is 66.1 cm³/mol. The number of aromatic nitrogens is 1. The number of esters is 1. The Labute approximate surface area is 106 Å². The average molecular weight is 245 g/mol. The molecule has 1 aromatic heterocycles. The normalized spacial score (nSPS) is 18.5. The van der Waals surface area contributed by atoms with Crippen molar-refractivity contribution < 1.29 is 9.53 Å². The molecule has 5 heteroatoms. The minimum atomic E-state index is -0.323. The van der Waals surface area contributed by atoms with E-state index in [-0.39, 0.29) is 12.0 Å². The van der Waals surface area contributed by atoms with Crippen LogP contribution in [0.15, 0.2) is 12.3 Å². The summed E-state index contributed by atoms with van der Waals surface area (Å²) in [7, 11) is 1.38. The van der Waals surface area contributed by atoms with Crippen LogP contribution in [-0.4, -0.2) is 30.6 Å². The average Bonchev–Trinajstić information content (AvgIpc) is 2.86. The highest BCUT2D eigenvalue weighted by molar-refractivity contribution is 5.81. The monoisotopic (exact) mass is 245 g/mol. The second-order valence-electron chi connectivity index (χ2n) is 4.31. The van der Waals surface area contributed by atoms with Gasteiger partial charge in [-0.3, -0.25) is 0 Å². The van der Waals surface area contributed by atoms with E-state index in [4.69, 9.17) is 4.74 Å². The molecule has 0 aliphatic carbocycles. The summed E-state index contributed by atoms with van der Waals surface area (Å²) in [4.78, 5) is 17.8. The van der Waals surface area contributed by atoms with E-state index in [0.717, 1.165) is 24.9 Å². The molecular weight excluding hydrogens is 230 g/mol. The minimum absolute atomic E-state index is 0.264. The van der Waals surface area contributed by atoms with Crippen molar-refractivity contribution in [2.24, 2.45) is 0 Å². The highest BCUT2D eigenvalue weighted by Gasteiger charge is 2.33. The molecule has 94 valence electrons. The second kappa shape index (κ2) is 5.05. The van der Waals surface area contributed by atoms with E-state index in [9.17, 15) is 10.1 Å². The van der Waals surface area contributed by atoms with Gasteiger partial charge in [-0.05, 0) is 31.4 Å². The van der Waals surface area contributed by atoms with Gasteiger partial charge in [0.15, 0.2) is 0 Å². The molecule has 1 saturated heterocycles. The van der Waals surface area contributed by atoms with Crippen molar-refractivity contribution in [1.82, 2.24) is 4.98 Å². The van der Waals surface area contributed by atoms with Gasteiger partial charge in [0.2, 0.25) is 0 Å². The first-order valence-corrected chi connectivity index (χ1v) is 5.89. The molecule has 1 atom stereocenters. The van der Waals surface area contributed by atoms with E-state index >= 15 is 0 Å². The Hall–Kier alpha value is -2.09. The Morgan fingerprint density at radius 3 is 3.11 bits per heavy atom. The van der Waals surface area contributed by atoms with Gasteiger partial charge >= 0.3 is 5.97 Å². The summed E-state index contributed by atoms with van der Waals surface area (Å²) in [6, 6.07) is 3.64. The van der Waals surface area contributed by atoms with Gasteiger partial charge in [0.25, 0.3) is 0 Å². The number of hydrogen-bond donors (Lipinski definition) is 0. The number of carbonyl (C=O) groups is 1. The summed E-state index contributed by atoms with van der Waals surface area (Å²) in [5.41, 5.74) is 1.41. The molecule has 0 spiro atoms. The van der Waals surface area contributed by atoms with Crippen LogP contribution in [0.4, 0.5) is 5.82 Å². The van der Waals surface area contributed by atoms with E-state index < -0.39 is 0 Å².